The molecule has 78 valence electrons. The quantitative estimate of drug-likeness (QED) is 0.906. The third-order valence-electron chi connectivity index (χ3n) is 1.76. The molecule has 1 aromatic carbocycles. The van der Waals surface area contributed by atoms with Crippen molar-refractivity contribution in [1.29, 1.82) is 0 Å². The lowest BCUT2D eigenvalue weighted by atomic mass is 10.2. The highest BCUT2D eigenvalue weighted by Gasteiger charge is 2.04. The molecule has 2 N–H and O–H groups in total. The second-order valence-corrected chi connectivity index (χ2v) is 5.91. The summed E-state index contributed by atoms with van der Waals surface area (Å²) in [6, 6.07) is 6.11. The van der Waals surface area contributed by atoms with Crippen LogP contribution in [0.1, 0.15) is 10.6 Å². The fourth-order valence-electron chi connectivity index (χ4n) is 1.23. The van der Waals surface area contributed by atoms with Gasteiger partial charge in [-0.25, -0.2) is 0 Å². The van der Waals surface area contributed by atoms with E-state index in [4.69, 9.17) is 5.73 Å². The molecule has 3 nitrogen and oxygen atoms in total. The molecule has 0 aliphatic heterocycles. The number of hydrogen-bond donors (Lipinski definition) is 1. The summed E-state index contributed by atoms with van der Waals surface area (Å²) in [7, 11) is 0. The second kappa shape index (κ2) is 4.59. The van der Waals surface area contributed by atoms with Crippen molar-refractivity contribution in [2.75, 3.05) is 5.73 Å². The van der Waals surface area contributed by atoms with Gasteiger partial charge in [-0.2, -0.15) is 0 Å². The van der Waals surface area contributed by atoms with Crippen LogP contribution in [0.4, 0.5) is 5.13 Å². The number of aromatic nitrogens is 2. The lowest BCUT2D eigenvalue weighted by molar-refractivity contribution is 1.01. The number of nitrogen functional groups attached to an aromatic ring is 1. The highest BCUT2D eigenvalue weighted by Crippen LogP contribution is 2.23. The Bertz CT molecular complexity index is 464. The first kappa shape index (κ1) is 11.0. The van der Waals surface area contributed by atoms with E-state index in [0.29, 0.717) is 5.13 Å². The topological polar surface area (TPSA) is 51.8 Å². The van der Waals surface area contributed by atoms with Crippen LogP contribution in [-0.4, -0.2) is 10.2 Å². The molecule has 0 aliphatic rings. The van der Waals surface area contributed by atoms with Gasteiger partial charge < -0.3 is 5.73 Å². The zero-order valence-electron chi connectivity index (χ0n) is 7.58. The van der Waals surface area contributed by atoms with Crippen molar-refractivity contribution in [1.82, 2.24) is 10.2 Å². The van der Waals surface area contributed by atoms with Crippen LogP contribution in [0.2, 0.25) is 0 Å². The summed E-state index contributed by atoms with van der Waals surface area (Å²) < 4.78 is 2.09. The Hall–Kier alpha value is -0.460. The molecule has 0 spiro atoms. The summed E-state index contributed by atoms with van der Waals surface area (Å²) in [5.74, 6) is 0. The largest absolute Gasteiger partial charge is 0.374 e. The summed E-state index contributed by atoms with van der Waals surface area (Å²) in [6.45, 7) is 0. The molecule has 2 rings (SSSR count). The average Bonchev–Trinajstić information content (AvgIpc) is 2.49. The molecule has 1 aromatic heterocycles. The van der Waals surface area contributed by atoms with Gasteiger partial charge >= 0.3 is 0 Å². The van der Waals surface area contributed by atoms with Gasteiger partial charge in [0.05, 0.1) is 0 Å². The molecular weight excluding hydrogens is 342 g/mol. The molecule has 0 amide bonds. The van der Waals surface area contributed by atoms with Crippen molar-refractivity contribution in [2.24, 2.45) is 0 Å². The van der Waals surface area contributed by atoms with Gasteiger partial charge in [-0.15, -0.1) is 10.2 Å². The summed E-state index contributed by atoms with van der Waals surface area (Å²) >= 11 is 8.31. The van der Waals surface area contributed by atoms with Gasteiger partial charge in [-0.1, -0.05) is 43.2 Å². The number of nitrogens with zero attached hydrogens (tertiary/aromatic N) is 2. The smallest absolute Gasteiger partial charge is 0.203 e. The van der Waals surface area contributed by atoms with Gasteiger partial charge in [0.25, 0.3) is 0 Å². The van der Waals surface area contributed by atoms with Crippen molar-refractivity contribution in [2.45, 2.75) is 6.42 Å². The van der Waals surface area contributed by atoms with Crippen molar-refractivity contribution in [3.8, 4) is 0 Å². The lowest BCUT2D eigenvalue weighted by Crippen LogP contribution is -1.87. The third-order valence-corrected chi connectivity index (χ3v) is 3.43. The van der Waals surface area contributed by atoms with E-state index in [2.05, 4.69) is 54.2 Å². The number of rotatable bonds is 2. The van der Waals surface area contributed by atoms with E-state index in [1.165, 1.54) is 16.9 Å². The number of hydrogen-bond acceptors (Lipinski definition) is 4. The van der Waals surface area contributed by atoms with Crippen molar-refractivity contribution < 1.29 is 0 Å². The first-order valence-corrected chi connectivity index (χ1v) is 6.56. The summed E-state index contributed by atoms with van der Waals surface area (Å²) in [4.78, 5) is 0. The molecule has 15 heavy (non-hydrogen) atoms. The minimum absolute atomic E-state index is 0.513. The molecule has 0 unspecified atom stereocenters. The lowest BCUT2D eigenvalue weighted by Gasteiger charge is -2.00. The Morgan fingerprint density at radius 3 is 2.33 bits per heavy atom. The SMILES string of the molecule is Nc1nnc(Cc2cc(Br)cc(Br)c2)s1. The van der Waals surface area contributed by atoms with Crippen LogP contribution >= 0.6 is 43.2 Å². The molecule has 6 heteroatoms. The van der Waals surface area contributed by atoms with E-state index in [0.717, 1.165) is 20.4 Å². The van der Waals surface area contributed by atoms with Crippen molar-refractivity contribution >= 4 is 48.3 Å². The molecule has 0 fully saturated rings. The molecule has 0 saturated carbocycles. The Morgan fingerprint density at radius 2 is 1.80 bits per heavy atom. The summed E-state index contributed by atoms with van der Waals surface area (Å²) in [6.07, 6.45) is 0.757. The van der Waals surface area contributed by atoms with Gasteiger partial charge in [-0.05, 0) is 23.8 Å². The van der Waals surface area contributed by atoms with Crippen LogP contribution < -0.4 is 5.73 Å². The summed E-state index contributed by atoms with van der Waals surface area (Å²) in [5, 5.41) is 9.21. The predicted molar refractivity (Wildman–Crippen MR) is 69.0 cm³/mol. The fraction of sp³-hybridized carbons (Fsp3) is 0.111. The van der Waals surface area contributed by atoms with Gasteiger partial charge in [0.1, 0.15) is 5.01 Å². The predicted octanol–water partition coefficient (Wildman–Crippen LogP) is 3.24. The van der Waals surface area contributed by atoms with Crippen LogP contribution in [0, 0.1) is 0 Å². The average molecular weight is 349 g/mol. The summed E-state index contributed by atoms with van der Waals surface area (Å²) in [5.41, 5.74) is 6.69. The van der Waals surface area contributed by atoms with E-state index in [1.54, 1.807) is 0 Å². The third kappa shape index (κ3) is 2.99. The Balaban J connectivity index is 2.24. The first-order valence-electron chi connectivity index (χ1n) is 4.16. The molecular formula is C9H7Br2N3S. The van der Waals surface area contributed by atoms with Crippen LogP contribution in [0.25, 0.3) is 0 Å². The van der Waals surface area contributed by atoms with Crippen molar-refractivity contribution in [3.63, 3.8) is 0 Å². The number of benzene rings is 1. The van der Waals surface area contributed by atoms with Crippen LogP contribution in [0.5, 0.6) is 0 Å². The standard InChI is InChI=1S/C9H7Br2N3S/c10-6-1-5(2-7(11)4-6)3-8-13-14-9(12)15-8/h1-2,4H,3H2,(H2,12,14). The highest BCUT2D eigenvalue weighted by molar-refractivity contribution is 9.11. The van der Waals surface area contributed by atoms with Gasteiger partial charge in [0.2, 0.25) is 5.13 Å². The second-order valence-electron chi connectivity index (χ2n) is 2.99. The van der Waals surface area contributed by atoms with Crippen molar-refractivity contribution in [3.05, 3.63) is 37.7 Å². The molecule has 0 aliphatic carbocycles. The van der Waals surface area contributed by atoms with Gasteiger partial charge in [0, 0.05) is 15.4 Å². The maximum Gasteiger partial charge on any atom is 0.203 e. The maximum atomic E-state index is 5.52. The molecule has 1 heterocycles. The first-order chi connectivity index (χ1) is 7.13. The molecule has 0 radical (unpaired) electrons. The molecule has 0 bridgehead atoms. The molecule has 0 saturated heterocycles. The fourth-order valence-corrected chi connectivity index (χ4v) is 3.26. The molecule has 0 atom stereocenters. The monoisotopic (exact) mass is 347 g/mol. The Morgan fingerprint density at radius 1 is 1.13 bits per heavy atom. The highest BCUT2D eigenvalue weighted by atomic mass is 79.9. The van der Waals surface area contributed by atoms with E-state index >= 15 is 0 Å². The zero-order valence-corrected chi connectivity index (χ0v) is 11.6. The minimum atomic E-state index is 0.513. The molecule has 2 aromatic rings. The van der Waals surface area contributed by atoms with Crippen LogP contribution in [-0.2, 0) is 6.42 Å². The number of halogens is 2. The Labute approximate surface area is 108 Å². The van der Waals surface area contributed by atoms with E-state index < -0.39 is 0 Å². The van der Waals surface area contributed by atoms with E-state index in [1.807, 2.05) is 6.07 Å². The normalized spacial score (nSPS) is 10.5. The van der Waals surface area contributed by atoms with Crippen LogP contribution in [0.3, 0.4) is 0 Å². The van der Waals surface area contributed by atoms with Crippen LogP contribution in [0.15, 0.2) is 27.1 Å². The van der Waals surface area contributed by atoms with Gasteiger partial charge in [0.15, 0.2) is 0 Å². The van der Waals surface area contributed by atoms with E-state index in [-0.39, 0.29) is 0 Å². The Kier molecular flexibility index (Phi) is 3.38. The minimum Gasteiger partial charge on any atom is -0.374 e. The maximum absolute atomic E-state index is 5.52. The number of nitrogens with two attached hydrogens (primary N) is 1. The van der Waals surface area contributed by atoms with Gasteiger partial charge in [-0.3, -0.25) is 0 Å². The number of anilines is 1. The zero-order chi connectivity index (χ0) is 10.8. The van der Waals surface area contributed by atoms with E-state index in [9.17, 15) is 0 Å².